The number of fused-ring (bicyclic) bond motifs is 2. The Morgan fingerprint density at radius 3 is 2.58 bits per heavy atom. The van der Waals surface area contributed by atoms with Crippen LogP contribution >= 0.6 is 0 Å². The molecule has 1 atom stereocenters. The fourth-order valence-corrected chi connectivity index (χ4v) is 4.52. The summed E-state index contributed by atoms with van der Waals surface area (Å²) in [6, 6.07) is 15.5. The van der Waals surface area contributed by atoms with Gasteiger partial charge in [-0.3, -0.25) is 9.59 Å². The molecule has 3 aromatic rings. The Labute approximate surface area is 180 Å². The monoisotopic (exact) mass is 416 g/mol. The molecule has 2 aromatic carbocycles. The molecule has 5 rings (SSSR count). The summed E-state index contributed by atoms with van der Waals surface area (Å²) in [7, 11) is 2.01. The normalized spacial score (nSPS) is 17.8. The van der Waals surface area contributed by atoms with Crippen molar-refractivity contribution in [2.75, 3.05) is 28.8 Å². The molecule has 31 heavy (non-hydrogen) atoms. The zero-order chi connectivity index (χ0) is 21.7. The molecule has 1 N–H and O–H groups in total. The first-order valence-electron chi connectivity index (χ1n) is 10.3. The lowest BCUT2D eigenvalue weighted by Crippen LogP contribution is -2.51. The van der Waals surface area contributed by atoms with E-state index in [9.17, 15) is 9.59 Å². The van der Waals surface area contributed by atoms with Gasteiger partial charge in [0.15, 0.2) is 5.76 Å². The van der Waals surface area contributed by atoms with Gasteiger partial charge < -0.3 is 19.6 Å². The Hall–Kier alpha value is -3.58. The van der Waals surface area contributed by atoms with Gasteiger partial charge in [-0.15, -0.1) is 0 Å². The molecule has 0 saturated heterocycles. The van der Waals surface area contributed by atoms with Gasteiger partial charge in [0, 0.05) is 27.1 Å². The van der Waals surface area contributed by atoms with Crippen LogP contribution < -0.4 is 15.2 Å². The number of nitrogens with zero attached hydrogens (tertiary/aromatic N) is 3. The predicted molar refractivity (Wildman–Crippen MR) is 120 cm³/mol. The van der Waals surface area contributed by atoms with Gasteiger partial charge in [-0.05, 0) is 60.0 Å². The Morgan fingerprint density at radius 1 is 1.06 bits per heavy atom. The molecule has 7 heteroatoms. The molecular weight excluding hydrogens is 392 g/mol. The van der Waals surface area contributed by atoms with E-state index in [0.717, 1.165) is 29.0 Å². The maximum Gasteiger partial charge on any atom is 0.294 e. The van der Waals surface area contributed by atoms with E-state index >= 15 is 0 Å². The summed E-state index contributed by atoms with van der Waals surface area (Å²) in [6.07, 6.45) is 1.50. The zero-order valence-electron chi connectivity index (χ0n) is 17.8. The minimum Gasteiger partial charge on any atom is -0.459 e. The molecule has 2 aliphatic heterocycles. The summed E-state index contributed by atoms with van der Waals surface area (Å²) >= 11 is 0. The summed E-state index contributed by atoms with van der Waals surface area (Å²) in [4.78, 5) is 29.1. The zero-order valence-corrected chi connectivity index (χ0v) is 17.8. The number of nitrogens with one attached hydrogen (secondary N) is 1. The van der Waals surface area contributed by atoms with Gasteiger partial charge in [-0.2, -0.15) is 0 Å². The highest BCUT2D eigenvalue weighted by Gasteiger charge is 2.35. The number of anilines is 3. The summed E-state index contributed by atoms with van der Waals surface area (Å²) in [5, 5.41) is 2.04. The van der Waals surface area contributed by atoms with Crippen molar-refractivity contribution in [2.24, 2.45) is 0 Å². The van der Waals surface area contributed by atoms with E-state index in [0.29, 0.717) is 12.2 Å². The second kappa shape index (κ2) is 7.28. The van der Waals surface area contributed by atoms with Gasteiger partial charge in [0.05, 0.1) is 29.4 Å². The van der Waals surface area contributed by atoms with Crippen molar-refractivity contribution in [2.45, 2.75) is 26.4 Å². The summed E-state index contributed by atoms with van der Waals surface area (Å²) in [6.45, 7) is 4.73. The number of carbonyl (C=O) groups is 2. The van der Waals surface area contributed by atoms with Crippen molar-refractivity contribution in [3.63, 3.8) is 0 Å². The largest absolute Gasteiger partial charge is 0.459 e. The van der Waals surface area contributed by atoms with Crippen LogP contribution in [-0.4, -0.2) is 36.5 Å². The van der Waals surface area contributed by atoms with Gasteiger partial charge in [-0.1, -0.05) is 12.1 Å². The fourth-order valence-electron chi connectivity index (χ4n) is 4.52. The van der Waals surface area contributed by atoms with Crippen LogP contribution in [0.2, 0.25) is 0 Å². The average Bonchev–Trinajstić information content (AvgIpc) is 3.40. The number of rotatable bonds is 2. The van der Waals surface area contributed by atoms with Crippen LogP contribution in [0.25, 0.3) is 11.1 Å². The first-order valence-corrected chi connectivity index (χ1v) is 10.3. The van der Waals surface area contributed by atoms with Crippen molar-refractivity contribution >= 4 is 28.9 Å². The number of hydrogen-bond acceptors (Lipinski definition) is 5. The Morgan fingerprint density at radius 2 is 1.84 bits per heavy atom. The Kier molecular flexibility index (Phi) is 4.55. The van der Waals surface area contributed by atoms with Crippen LogP contribution in [0.15, 0.2) is 59.2 Å². The number of carbonyl (C=O) groups excluding carboxylic acids is 2. The summed E-state index contributed by atoms with van der Waals surface area (Å²) < 4.78 is 5.37. The third-order valence-corrected chi connectivity index (χ3v) is 5.89. The number of benzene rings is 2. The van der Waals surface area contributed by atoms with E-state index in [1.807, 2.05) is 37.2 Å². The summed E-state index contributed by atoms with van der Waals surface area (Å²) in [5.74, 6) is 0.0305. The second-order valence-corrected chi connectivity index (χ2v) is 8.17. The summed E-state index contributed by atoms with van der Waals surface area (Å²) in [5.41, 5.74) is 9.15. The van der Waals surface area contributed by atoms with Gasteiger partial charge in [0.2, 0.25) is 5.91 Å². The van der Waals surface area contributed by atoms with Gasteiger partial charge in [0.1, 0.15) is 0 Å². The van der Waals surface area contributed by atoms with Crippen molar-refractivity contribution in [1.29, 1.82) is 0 Å². The average molecular weight is 416 g/mol. The van der Waals surface area contributed by atoms with Gasteiger partial charge >= 0.3 is 0 Å². The van der Waals surface area contributed by atoms with E-state index in [1.54, 1.807) is 28.9 Å². The predicted octanol–water partition coefficient (Wildman–Crippen LogP) is 4.12. The molecule has 0 spiro atoms. The molecule has 1 aromatic heterocycles. The minimum absolute atomic E-state index is 0.0433. The lowest BCUT2D eigenvalue weighted by molar-refractivity contribution is -0.117. The molecule has 0 unspecified atom stereocenters. The lowest BCUT2D eigenvalue weighted by Gasteiger charge is -2.40. The molecule has 2 amide bonds. The first kappa shape index (κ1) is 19.4. The van der Waals surface area contributed by atoms with E-state index in [2.05, 4.69) is 23.6 Å². The van der Waals surface area contributed by atoms with Crippen LogP contribution in [-0.2, 0) is 11.3 Å². The third-order valence-electron chi connectivity index (χ3n) is 5.89. The van der Waals surface area contributed by atoms with Crippen molar-refractivity contribution in [3.8, 4) is 11.1 Å². The Balaban J connectivity index is 1.60. The van der Waals surface area contributed by atoms with Crippen molar-refractivity contribution < 1.29 is 14.0 Å². The molecule has 0 radical (unpaired) electrons. The van der Waals surface area contributed by atoms with E-state index in [-0.39, 0.29) is 23.6 Å². The maximum absolute atomic E-state index is 13.2. The topological polar surface area (TPSA) is 69.0 Å². The van der Waals surface area contributed by atoms with Crippen LogP contribution in [0.5, 0.6) is 0 Å². The molecule has 3 heterocycles. The number of hydrogen-bond donors (Lipinski definition) is 1. The van der Waals surface area contributed by atoms with Crippen LogP contribution in [0.4, 0.5) is 17.1 Å². The molecule has 158 valence electrons. The molecule has 0 aliphatic carbocycles. The molecule has 7 nitrogen and oxygen atoms in total. The van der Waals surface area contributed by atoms with Crippen molar-refractivity contribution in [1.82, 2.24) is 5.01 Å². The van der Waals surface area contributed by atoms with E-state index in [4.69, 9.17) is 4.42 Å². The van der Waals surface area contributed by atoms with Crippen LogP contribution in [0.3, 0.4) is 0 Å². The van der Waals surface area contributed by atoms with Crippen molar-refractivity contribution in [3.05, 3.63) is 66.1 Å². The SMILES string of the molecule is CC(=O)N1c2ccc(-c3ccc4c(c3)CN(C)N4)cc2N(C(=O)c2ccco2)C[C@@H]1C. The second-order valence-electron chi connectivity index (χ2n) is 8.17. The Bertz CT molecular complexity index is 1170. The number of hydrazine groups is 1. The quantitative estimate of drug-likeness (QED) is 0.681. The highest BCUT2D eigenvalue weighted by molar-refractivity contribution is 6.10. The molecular formula is C24H24N4O3. The molecule has 2 aliphatic rings. The van der Waals surface area contributed by atoms with Crippen LogP contribution in [0, 0.1) is 0 Å². The smallest absolute Gasteiger partial charge is 0.294 e. The standard InChI is InChI=1S/C24H24N4O3/c1-15-13-27(24(30)23-5-4-10-31-23)22-12-18(7-9-21(22)28(15)16(2)29)17-6-8-20-19(11-17)14-26(3)25-20/h4-12,15,25H,13-14H2,1-3H3/t15-/m0/s1. The fraction of sp³-hybridized carbons (Fsp3) is 0.250. The number of furan rings is 1. The third kappa shape index (κ3) is 3.27. The molecule has 0 fully saturated rings. The van der Waals surface area contributed by atoms with E-state index < -0.39 is 0 Å². The van der Waals surface area contributed by atoms with Gasteiger partial charge in [-0.25, -0.2) is 5.01 Å². The van der Waals surface area contributed by atoms with Gasteiger partial charge in [0.25, 0.3) is 5.91 Å². The van der Waals surface area contributed by atoms with E-state index in [1.165, 1.54) is 11.8 Å². The van der Waals surface area contributed by atoms with Crippen LogP contribution in [0.1, 0.15) is 30.0 Å². The highest BCUT2D eigenvalue weighted by Crippen LogP contribution is 2.40. The molecule has 0 saturated carbocycles. The first-order chi connectivity index (χ1) is 14.9. The lowest BCUT2D eigenvalue weighted by atomic mass is 9.98. The maximum atomic E-state index is 13.2. The minimum atomic E-state index is -0.210. The number of amides is 2. The molecule has 0 bridgehead atoms. The highest BCUT2D eigenvalue weighted by atomic mass is 16.3.